The fourth-order valence-corrected chi connectivity index (χ4v) is 8.89. The molecule has 1 N–H and O–H groups in total. The SMILES string of the molecule is CC1(C)c2ccccc2-c2ccc3c(c21)c1ccccc1n3-c1cc(C2N=C(c3ccccc3)N=C(c3ccccc3)N2)c2c(c1)oc1ccccc12. The Morgan fingerprint density at radius 2 is 1.30 bits per heavy atom. The maximum Gasteiger partial charge on any atom is 0.159 e. The van der Waals surface area contributed by atoms with Gasteiger partial charge in [0.1, 0.15) is 23.2 Å². The van der Waals surface area contributed by atoms with Crippen LogP contribution in [0.1, 0.15) is 47.8 Å². The summed E-state index contributed by atoms with van der Waals surface area (Å²) in [6, 6.07) is 55.7. The first-order valence-corrected chi connectivity index (χ1v) is 18.2. The standard InChI is InChI=1S/C48H34N4O/c1-48(2)37-22-12-9-19-32(37)33-25-26-39-43(44(33)48)34-20-10-13-23-38(34)52(39)31-27-36(42-35-21-11-14-24-40(35)53-41(42)28-31)47-50-45(29-15-5-3-6-16-29)49-46(51-47)30-17-7-4-8-18-30/h3-28,47H,1-2H3,(H,49,50,51). The quantitative estimate of drug-likeness (QED) is 0.201. The lowest BCUT2D eigenvalue weighted by Gasteiger charge is -2.25. The van der Waals surface area contributed by atoms with Crippen molar-refractivity contribution in [2.75, 3.05) is 0 Å². The van der Waals surface area contributed by atoms with E-state index in [0.717, 1.165) is 55.7 Å². The zero-order valence-electron chi connectivity index (χ0n) is 29.3. The number of aliphatic imine (C=N–C) groups is 2. The number of hydrogen-bond acceptors (Lipinski definition) is 4. The van der Waals surface area contributed by atoms with E-state index in [1.165, 1.54) is 38.5 Å². The number of amidine groups is 2. The van der Waals surface area contributed by atoms with Crippen LogP contribution in [0, 0.1) is 0 Å². The fourth-order valence-electron chi connectivity index (χ4n) is 8.89. The van der Waals surface area contributed by atoms with E-state index < -0.39 is 6.17 Å². The summed E-state index contributed by atoms with van der Waals surface area (Å²) >= 11 is 0. The predicted molar refractivity (Wildman–Crippen MR) is 217 cm³/mol. The summed E-state index contributed by atoms with van der Waals surface area (Å²) in [7, 11) is 0. The Kier molecular flexibility index (Phi) is 6.30. The van der Waals surface area contributed by atoms with Gasteiger partial charge in [0.25, 0.3) is 0 Å². The third kappa shape index (κ3) is 4.37. The number of benzene rings is 7. The van der Waals surface area contributed by atoms with Gasteiger partial charge in [0.05, 0.1) is 16.7 Å². The molecular weight excluding hydrogens is 649 g/mol. The molecule has 1 unspecified atom stereocenters. The summed E-state index contributed by atoms with van der Waals surface area (Å²) in [5.74, 6) is 1.47. The van der Waals surface area contributed by atoms with Crippen molar-refractivity contribution in [3.05, 3.63) is 186 Å². The minimum Gasteiger partial charge on any atom is -0.456 e. The van der Waals surface area contributed by atoms with Gasteiger partial charge in [-0.25, -0.2) is 9.98 Å². The highest BCUT2D eigenvalue weighted by molar-refractivity contribution is 6.16. The van der Waals surface area contributed by atoms with Crippen LogP contribution in [-0.4, -0.2) is 16.2 Å². The number of para-hydroxylation sites is 2. The Morgan fingerprint density at radius 3 is 2.13 bits per heavy atom. The van der Waals surface area contributed by atoms with Crippen LogP contribution in [0.4, 0.5) is 0 Å². The number of nitrogens with zero attached hydrogens (tertiary/aromatic N) is 3. The molecule has 7 aromatic carbocycles. The lowest BCUT2D eigenvalue weighted by molar-refractivity contribution is 0.661. The van der Waals surface area contributed by atoms with Crippen molar-refractivity contribution in [3.8, 4) is 16.8 Å². The lowest BCUT2D eigenvalue weighted by Crippen LogP contribution is -2.33. The molecule has 0 saturated heterocycles. The summed E-state index contributed by atoms with van der Waals surface area (Å²) in [5, 5.41) is 8.39. The molecule has 0 amide bonds. The zero-order chi connectivity index (χ0) is 35.3. The van der Waals surface area contributed by atoms with Gasteiger partial charge in [0, 0.05) is 49.7 Å². The molecule has 0 radical (unpaired) electrons. The minimum absolute atomic E-state index is 0.157. The molecule has 0 saturated carbocycles. The molecule has 11 rings (SSSR count). The molecule has 252 valence electrons. The van der Waals surface area contributed by atoms with Crippen molar-refractivity contribution < 1.29 is 4.42 Å². The normalized spacial score (nSPS) is 16.1. The van der Waals surface area contributed by atoms with Crippen molar-refractivity contribution in [2.24, 2.45) is 9.98 Å². The average Bonchev–Trinajstić information content (AvgIpc) is 3.83. The summed E-state index contributed by atoms with van der Waals surface area (Å²) in [5.41, 5.74) is 13.2. The van der Waals surface area contributed by atoms with Gasteiger partial charge in [-0.05, 0) is 46.5 Å². The molecule has 3 heterocycles. The third-order valence-electron chi connectivity index (χ3n) is 11.2. The second-order valence-corrected chi connectivity index (χ2v) is 14.6. The average molecular weight is 683 g/mol. The van der Waals surface area contributed by atoms with Gasteiger partial charge in [-0.2, -0.15) is 0 Å². The highest BCUT2D eigenvalue weighted by Gasteiger charge is 2.38. The van der Waals surface area contributed by atoms with Gasteiger partial charge in [0.2, 0.25) is 0 Å². The van der Waals surface area contributed by atoms with Gasteiger partial charge in [-0.15, -0.1) is 0 Å². The molecule has 5 nitrogen and oxygen atoms in total. The van der Waals surface area contributed by atoms with Crippen molar-refractivity contribution in [1.29, 1.82) is 0 Å². The van der Waals surface area contributed by atoms with Gasteiger partial charge >= 0.3 is 0 Å². The molecule has 2 aromatic heterocycles. The van der Waals surface area contributed by atoms with Crippen LogP contribution in [0.3, 0.4) is 0 Å². The highest BCUT2D eigenvalue weighted by Crippen LogP contribution is 2.53. The Hall–Kier alpha value is -6.72. The zero-order valence-corrected chi connectivity index (χ0v) is 29.3. The van der Waals surface area contributed by atoms with E-state index in [9.17, 15) is 0 Å². The molecule has 1 aliphatic carbocycles. The number of hydrogen-bond donors (Lipinski definition) is 1. The van der Waals surface area contributed by atoms with Crippen molar-refractivity contribution in [2.45, 2.75) is 25.4 Å². The second kappa shape index (κ2) is 11.1. The number of fused-ring (bicyclic) bond motifs is 10. The summed E-state index contributed by atoms with van der Waals surface area (Å²) in [6.45, 7) is 4.73. The smallest absolute Gasteiger partial charge is 0.159 e. The van der Waals surface area contributed by atoms with Gasteiger partial charge < -0.3 is 14.3 Å². The van der Waals surface area contributed by atoms with Crippen LogP contribution < -0.4 is 5.32 Å². The van der Waals surface area contributed by atoms with E-state index in [4.69, 9.17) is 14.4 Å². The molecular formula is C48H34N4O. The largest absolute Gasteiger partial charge is 0.456 e. The Balaban J connectivity index is 1.20. The number of nitrogens with one attached hydrogen (secondary N) is 1. The van der Waals surface area contributed by atoms with Gasteiger partial charge in [0.15, 0.2) is 5.84 Å². The van der Waals surface area contributed by atoms with E-state index in [-0.39, 0.29) is 5.41 Å². The highest BCUT2D eigenvalue weighted by atomic mass is 16.3. The fraction of sp³-hybridized carbons (Fsp3) is 0.0833. The molecule has 53 heavy (non-hydrogen) atoms. The van der Waals surface area contributed by atoms with Crippen LogP contribution >= 0.6 is 0 Å². The van der Waals surface area contributed by atoms with Crippen molar-refractivity contribution >= 4 is 55.4 Å². The Bertz CT molecular complexity index is 3000. The summed E-state index contributed by atoms with van der Waals surface area (Å²) < 4.78 is 9.11. The molecule has 1 atom stereocenters. The number of rotatable bonds is 4. The second-order valence-electron chi connectivity index (χ2n) is 14.6. The first kappa shape index (κ1) is 30.0. The minimum atomic E-state index is -0.438. The monoisotopic (exact) mass is 682 g/mol. The van der Waals surface area contributed by atoms with Crippen LogP contribution in [0.15, 0.2) is 172 Å². The van der Waals surface area contributed by atoms with E-state index in [1.807, 2.05) is 48.5 Å². The molecule has 0 bridgehead atoms. The first-order valence-electron chi connectivity index (χ1n) is 18.2. The topological polar surface area (TPSA) is 54.8 Å². The van der Waals surface area contributed by atoms with E-state index >= 15 is 0 Å². The van der Waals surface area contributed by atoms with Gasteiger partial charge in [-0.3, -0.25) is 0 Å². The maximum absolute atomic E-state index is 6.70. The summed E-state index contributed by atoms with van der Waals surface area (Å²) in [6.07, 6.45) is -0.438. The molecule has 9 aromatic rings. The van der Waals surface area contributed by atoms with Crippen LogP contribution in [0.25, 0.3) is 60.6 Å². The van der Waals surface area contributed by atoms with Crippen LogP contribution in [0.5, 0.6) is 0 Å². The Labute approximate surface area is 306 Å². The molecule has 2 aliphatic rings. The van der Waals surface area contributed by atoms with Crippen molar-refractivity contribution in [3.63, 3.8) is 0 Å². The third-order valence-corrected chi connectivity index (χ3v) is 11.2. The molecule has 0 fully saturated rings. The lowest BCUT2D eigenvalue weighted by atomic mass is 9.80. The first-order chi connectivity index (χ1) is 26.0. The number of furan rings is 1. The molecule has 0 spiro atoms. The number of aromatic nitrogens is 1. The van der Waals surface area contributed by atoms with E-state index in [0.29, 0.717) is 5.84 Å². The van der Waals surface area contributed by atoms with Crippen LogP contribution in [0.2, 0.25) is 0 Å². The Morgan fingerprint density at radius 1 is 0.604 bits per heavy atom. The van der Waals surface area contributed by atoms with Crippen molar-refractivity contribution in [1.82, 2.24) is 9.88 Å². The summed E-state index contributed by atoms with van der Waals surface area (Å²) in [4.78, 5) is 10.4. The van der Waals surface area contributed by atoms with E-state index in [2.05, 4.69) is 133 Å². The van der Waals surface area contributed by atoms with E-state index in [1.54, 1.807) is 0 Å². The predicted octanol–water partition coefficient (Wildman–Crippen LogP) is 11.5. The molecule has 1 aliphatic heterocycles. The van der Waals surface area contributed by atoms with Crippen LogP contribution in [-0.2, 0) is 5.41 Å². The maximum atomic E-state index is 6.70. The molecule has 5 heteroatoms. The van der Waals surface area contributed by atoms with Gasteiger partial charge in [-0.1, -0.05) is 141 Å².